The Morgan fingerprint density at radius 1 is 0.892 bits per heavy atom. The lowest BCUT2D eigenvalue weighted by atomic mass is 9.97. The molecule has 2 atom stereocenters. The summed E-state index contributed by atoms with van der Waals surface area (Å²) in [6, 6.07) is 0. The molecular weight excluding hydrogens is 525 g/mol. The van der Waals surface area contributed by atoms with Crippen LogP contribution < -0.4 is 5.32 Å². The summed E-state index contributed by atoms with van der Waals surface area (Å²) < 4.78 is 15.4. The monoisotopic (exact) mass is 569 g/mol. The highest BCUT2D eigenvalue weighted by Crippen LogP contribution is 2.19. The quantitative estimate of drug-likeness (QED) is 0.295. The van der Waals surface area contributed by atoms with Gasteiger partial charge in [-0.1, -0.05) is 0 Å². The van der Waals surface area contributed by atoms with Gasteiger partial charge in [-0.3, -0.25) is 9.59 Å². The highest BCUT2D eigenvalue weighted by atomic mass is 35.5. The molecular formula is C25H45Cl2N3O7. The van der Waals surface area contributed by atoms with E-state index in [1.807, 2.05) is 48.5 Å². The first-order valence-electron chi connectivity index (χ1n) is 12.6. The molecule has 2 aliphatic heterocycles. The molecule has 0 aromatic heterocycles. The lowest BCUT2D eigenvalue weighted by Gasteiger charge is -2.33. The van der Waals surface area contributed by atoms with Gasteiger partial charge in [-0.25, -0.2) is 9.59 Å². The van der Waals surface area contributed by atoms with Crippen LogP contribution in [0, 0.1) is 5.92 Å². The largest absolute Gasteiger partial charge is 0.463 e. The van der Waals surface area contributed by atoms with E-state index in [2.05, 4.69) is 5.32 Å². The molecule has 2 aliphatic rings. The normalized spacial score (nSPS) is 19.7. The maximum atomic E-state index is 11.9. The van der Waals surface area contributed by atoms with Crippen molar-refractivity contribution in [1.29, 1.82) is 0 Å². The van der Waals surface area contributed by atoms with Crippen molar-refractivity contribution < 1.29 is 33.4 Å². The maximum Gasteiger partial charge on any atom is 0.410 e. The Morgan fingerprint density at radius 2 is 1.35 bits per heavy atom. The lowest BCUT2D eigenvalue weighted by molar-refractivity contribution is -0.136. The molecule has 2 fully saturated rings. The summed E-state index contributed by atoms with van der Waals surface area (Å²) in [5.41, 5.74) is -0.981. The van der Waals surface area contributed by atoms with Gasteiger partial charge in [0.2, 0.25) is 5.91 Å². The number of likely N-dealkylation sites (tertiary alicyclic amines) is 2. The van der Waals surface area contributed by atoms with Crippen molar-refractivity contribution in [2.24, 2.45) is 5.92 Å². The van der Waals surface area contributed by atoms with E-state index in [-0.39, 0.29) is 35.5 Å². The van der Waals surface area contributed by atoms with Gasteiger partial charge in [0.15, 0.2) is 0 Å². The first-order valence-corrected chi connectivity index (χ1v) is 13.7. The molecule has 2 rings (SSSR count). The molecule has 0 aromatic rings. The summed E-state index contributed by atoms with van der Waals surface area (Å²) in [6.45, 7) is 16.2. The zero-order valence-corrected chi connectivity index (χ0v) is 24.8. The summed E-state index contributed by atoms with van der Waals surface area (Å²) in [5, 5.41) is 3.00. The van der Waals surface area contributed by atoms with Gasteiger partial charge < -0.3 is 29.3 Å². The summed E-state index contributed by atoms with van der Waals surface area (Å²) >= 11 is 9.53. The van der Waals surface area contributed by atoms with Crippen LogP contribution in [0.2, 0.25) is 0 Å². The third-order valence-electron chi connectivity index (χ3n) is 5.07. The number of halogens is 2. The molecule has 0 aliphatic carbocycles. The Kier molecular flexibility index (Phi) is 16.6. The van der Waals surface area contributed by atoms with E-state index in [1.165, 1.54) is 0 Å². The molecule has 10 nitrogen and oxygen atoms in total. The molecule has 0 spiro atoms. The fourth-order valence-electron chi connectivity index (χ4n) is 3.62. The van der Waals surface area contributed by atoms with Crippen LogP contribution in [0.3, 0.4) is 0 Å². The number of amides is 3. The van der Waals surface area contributed by atoms with E-state index in [0.29, 0.717) is 39.2 Å². The van der Waals surface area contributed by atoms with Crippen molar-refractivity contribution in [1.82, 2.24) is 15.1 Å². The molecule has 0 aromatic carbocycles. The van der Waals surface area contributed by atoms with Crippen LogP contribution >= 0.6 is 23.2 Å². The summed E-state index contributed by atoms with van der Waals surface area (Å²) in [6.07, 6.45) is 2.46. The fourth-order valence-corrected chi connectivity index (χ4v) is 3.62. The van der Waals surface area contributed by atoms with Crippen molar-refractivity contribution in [3.05, 3.63) is 0 Å². The van der Waals surface area contributed by atoms with Crippen molar-refractivity contribution in [3.8, 4) is 0 Å². The molecule has 2 heterocycles. The lowest BCUT2D eigenvalue weighted by Crippen LogP contribution is -2.47. The number of hydrogen-bond acceptors (Lipinski definition) is 7. The van der Waals surface area contributed by atoms with Crippen LogP contribution in [-0.2, 0) is 23.8 Å². The van der Waals surface area contributed by atoms with Crippen molar-refractivity contribution in [2.45, 2.75) is 91.5 Å². The van der Waals surface area contributed by atoms with Crippen LogP contribution in [0.25, 0.3) is 0 Å². The Hall–Kier alpha value is -1.94. The standard InChI is InChI=1S/C13H24N2O3.C11H19NO4.CH2Cl2/c1-5-14-11(16)10-7-6-8-15(9-10)12(17)18-13(2,3)4;1-11(2,3)16-10(14)12-6-4-5-9(7-12)15-8-13;2-1-3/h10H,5-9H2,1-4H3,(H,14,16);8-9H,4-7H2,1-3H3;1H2/t10-;;/m1../s1. The number of carbonyl (C=O) groups is 4. The highest BCUT2D eigenvalue weighted by molar-refractivity contribution is 6.40. The highest BCUT2D eigenvalue weighted by Gasteiger charge is 2.31. The number of carbonyl (C=O) groups excluding carboxylic acids is 4. The third kappa shape index (κ3) is 16.5. The van der Waals surface area contributed by atoms with Gasteiger partial charge >= 0.3 is 12.2 Å². The van der Waals surface area contributed by atoms with Gasteiger partial charge in [0.25, 0.3) is 6.47 Å². The molecule has 1 unspecified atom stereocenters. The summed E-state index contributed by atoms with van der Waals surface area (Å²) in [4.78, 5) is 48.8. The van der Waals surface area contributed by atoms with Gasteiger partial charge in [-0.2, -0.15) is 0 Å². The van der Waals surface area contributed by atoms with Gasteiger partial charge in [0.05, 0.1) is 17.8 Å². The first kappa shape index (κ1) is 35.1. The predicted octanol–water partition coefficient (Wildman–Crippen LogP) is 4.75. The summed E-state index contributed by atoms with van der Waals surface area (Å²) in [5.74, 6) is -0.0722. The van der Waals surface area contributed by atoms with Gasteiger partial charge in [0, 0.05) is 26.2 Å². The predicted molar refractivity (Wildman–Crippen MR) is 144 cm³/mol. The van der Waals surface area contributed by atoms with E-state index in [4.69, 9.17) is 37.4 Å². The zero-order chi connectivity index (χ0) is 28.6. The zero-order valence-electron chi connectivity index (χ0n) is 23.3. The Morgan fingerprint density at radius 3 is 1.78 bits per heavy atom. The second kappa shape index (κ2) is 17.5. The van der Waals surface area contributed by atoms with Crippen LogP contribution in [-0.4, -0.2) is 89.7 Å². The number of alkyl halides is 2. The number of ether oxygens (including phenoxy) is 3. The minimum absolute atomic E-state index is 0.0331. The van der Waals surface area contributed by atoms with Crippen LogP contribution in [0.4, 0.5) is 9.59 Å². The Bertz CT molecular complexity index is 711. The van der Waals surface area contributed by atoms with Crippen molar-refractivity contribution >= 4 is 47.8 Å². The first-order chi connectivity index (χ1) is 17.2. The molecule has 216 valence electrons. The summed E-state index contributed by atoms with van der Waals surface area (Å²) in [7, 11) is 0. The Balaban J connectivity index is 0.000000637. The number of hydrogen-bond donors (Lipinski definition) is 1. The van der Waals surface area contributed by atoms with Gasteiger partial charge in [-0.15, -0.1) is 23.2 Å². The molecule has 37 heavy (non-hydrogen) atoms. The van der Waals surface area contributed by atoms with Crippen LogP contribution in [0.5, 0.6) is 0 Å². The molecule has 3 amide bonds. The van der Waals surface area contributed by atoms with E-state index in [0.717, 1.165) is 25.7 Å². The second-order valence-electron chi connectivity index (χ2n) is 10.7. The average molecular weight is 571 g/mol. The fraction of sp³-hybridized carbons (Fsp3) is 0.840. The van der Waals surface area contributed by atoms with E-state index in [1.54, 1.807) is 9.80 Å². The maximum absolute atomic E-state index is 11.9. The molecule has 0 saturated carbocycles. The van der Waals surface area contributed by atoms with E-state index >= 15 is 0 Å². The molecule has 0 radical (unpaired) electrons. The molecule has 0 bridgehead atoms. The molecule has 12 heteroatoms. The minimum atomic E-state index is -0.491. The average Bonchev–Trinajstić information content (AvgIpc) is 2.78. The number of rotatable bonds is 4. The molecule has 2 saturated heterocycles. The third-order valence-corrected chi connectivity index (χ3v) is 5.07. The Labute approximate surface area is 231 Å². The number of piperidine rings is 2. The minimum Gasteiger partial charge on any atom is -0.463 e. The smallest absolute Gasteiger partial charge is 0.410 e. The SMILES string of the molecule is CC(C)(C)OC(=O)N1CCCC(OC=O)C1.CCNC(=O)[C@@H]1CCCN(C(=O)OC(C)(C)C)C1.ClCCl. The van der Waals surface area contributed by atoms with Crippen LogP contribution in [0.1, 0.15) is 74.1 Å². The van der Waals surface area contributed by atoms with Gasteiger partial charge in [0.1, 0.15) is 17.3 Å². The van der Waals surface area contributed by atoms with Gasteiger partial charge in [-0.05, 0) is 74.1 Å². The van der Waals surface area contributed by atoms with E-state index < -0.39 is 11.2 Å². The van der Waals surface area contributed by atoms with E-state index in [9.17, 15) is 19.2 Å². The van der Waals surface area contributed by atoms with Crippen molar-refractivity contribution in [3.63, 3.8) is 0 Å². The topological polar surface area (TPSA) is 114 Å². The number of nitrogens with one attached hydrogen (secondary N) is 1. The molecule has 1 N–H and O–H groups in total. The van der Waals surface area contributed by atoms with Crippen molar-refractivity contribution in [2.75, 3.05) is 38.1 Å². The second-order valence-corrected chi connectivity index (χ2v) is 11.5. The number of nitrogens with zero attached hydrogens (tertiary/aromatic N) is 2. The van der Waals surface area contributed by atoms with Crippen LogP contribution in [0.15, 0.2) is 0 Å².